The van der Waals surface area contributed by atoms with Crippen LogP contribution < -0.4 is 5.56 Å². The van der Waals surface area contributed by atoms with Crippen LogP contribution in [0.1, 0.15) is 24.0 Å². The molecule has 0 aliphatic carbocycles. The molecule has 0 aliphatic heterocycles. The molecule has 0 radical (unpaired) electrons. The summed E-state index contributed by atoms with van der Waals surface area (Å²) in [7, 11) is 0. The highest BCUT2D eigenvalue weighted by Crippen LogP contribution is 2.25. The molecule has 0 unspecified atom stereocenters. The number of alkyl halides is 3. The maximum Gasteiger partial charge on any atom is 0.451 e. The highest BCUT2D eigenvalue weighted by molar-refractivity contribution is 5.32. The quantitative estimate of drug-likeness (QED) is 0.825. The van der Waals surface area contributed by atoms with Crippen molar-refractivity contribution in [3.63, 3.8) is 0 Å². The van der Waals surface area contributed by atoms with Crippen LogP contribution in [0, 0.1) is 6.92 Å². The van der Waals surface area contributed by atoms with Gasteiger partial charge in [0.25, 0.3) is 11.3 Å². The summed E-state index contributed by atoms with van der Waals surface area (Å²) in [4.78, 5) is 18.9. The molecule has 0 aliphatic rings. The summed E-state index contributed by atoms with van der Waals surface area (Å²) in [6, 6.07) is 0. The third-order valence-corrected chi connectivity index (χ3v) is 2.42. The minimum Gasteiger partial charge on any atom is -0.267 e. The summed E-state index contributed by atoms with van der Waals surface area (Å²) in [5, 5.41) is 1.91. The van der Waals surface area contributed by atoms with E-state index in [2.05, 4.69) is 9.97 Å². The van der Waals surface area contributed by atoms with E-state index in [0.717, 1.165) is 0 Å². The minimum atomic E-state index is -4.62. The SMILES string of the molecule is CCc1c(C)nc2nc(C(F)(F)F)[nH]n2c1=O. The van der Waals surface area contributed by atoms with Gasteiger partial charge in [0.15, 0.2) is 0 Å². The molecule has 92 valence electrons. The Kier molecular flexibility index (Phi) is 2.44. The van der Waals surface area contributed by atoms with Gasteiger partial charge in [0.1, 0.15) is 0 Å². The molecule has 2 heterocycles. The Morgan fingerprint density at radius 2 is 2.00 bits per heavy atom. The molecule has 0 aromatic carbocycles. The Bertz CT molecular complexity index is 625. The number of aromatic amines is 1. The lowest BCUT2D eigenvalue weighted by Crippen LogP contribution is -2.21. The van der Waals surface area contributed by atoms with Crippen LogP contribution >= 0.6 is 0 Å². The smallest absolute Gasteiger partial charge is 0.267 e. The van der Waals surface area contributed by atoms with Crippen molar-refractivity contribution in [2.24, 2.45) is 0 Å². The van der Waals surface area contributed by atoms with E-state index in [-0.39, 0.29) is 5.78 Å². The van der Waals surface area contributed by atoms with Gasteiger partial charge in [-0.3, -0.25) is 9.89 Å². The predicted molar refractivity (Wildman–Crippen MR) is 52.7 cm³/mol. The van der Waals surface area contributed by atoms with Gasteiger partial charge in [0.05, 0.1) is 5.69 Å². The van der Waals surface area contributed by atoms with Crippen LogP contribution in [0.5, 0.6) is 0 Å². The number of nitrogens with zero attached hydrogens (tertiary/aromatic N) is 3. The van der Waals surface area contributed by atoms with Crippen molar-refractivity contribution < 1.29 is 13.2 Å². The standard InChI is InChI=1S/C9H9F3N4O/c1-3-5-4(2)13-8-14-7(9(10,11)12)15-16(8)6(5)17/h3H2,1-2H3,(H,13,14,15). The Morgan fingerprint density at radius 1 is 1.35 bits per heavy atom. The molecule has 8 heteroatoms. The van der Waals surface area contributed by atoms with E-state index in [9.17, 15) is 18.0 Å². The highest BCUT2D eigenvalue weighted by Gasteiger charge is 2.35. The van der Waals surface area contributed by atoms with Crippen molar-refractivity contribution in [1.29, 1.82) is 0 Å². The zero-order valence-electron chi connectivity index (χ0n) is 9.09. The molecule has 2 aromatic heterocycles. The fourth-order valence-corrected chi connectivity index (χ4v) is 1.59. The number of H-pyrrole nitrogens is 1. The number of hydrogen-bond donors (Lipinski definition) is 1. The van der Waals surface area contributed by atoms with Crippen molar-refractivity contribution >= 4 is 5.78 Å². The van der Waals surface area contributed by atoms with Crippen molar-refractivity contribution in [1.82, 2.24) is 19.6 Å². The third-order valence-electron chi connectivity index (χ3n) is 2.42. The molecular formula is C9H9F3N4O. The first-order valence-electron chi connectivity index (χ1n) is 4.90. The Balaban J connectivity index is 2.79. The summed E-state index contributed by atoms with van der Waals surface area (Å²) in [6.45, 7) is 3.31. The van der Waals surface area contributed by atoms with E-state index in [1.807, 2.05) is 5.10 Å². The second kappa shape index (κ2) is 3.57. The number of halogens is 3. The van der Waals surface area contributed by atoms with Crippen LogP contribution in [0.15, 0.2) is 4.79 Å². The fourth-order valence-electron chi connectivity index (χ4n) is 1.59. The number of hydrogen-bond acceptors (Lipinski definition) is 3. The van der Waals surface area contributed by atoms with Gasteiger partial charge in [-0.25, -0.2) is 4.98 Å². The summed E-state index contributed by atoms with van der Waals surface area (Å²) < 4.78 is 37.9. The van der Waals surface area contributed by atoms with Crippen molar-refractivity contribution in [2.75, 3.05) is 0 Å². The molecule has 0 spiro atoms. The zero-order chi connectivity index (χ0) is 12.8. The van der Waals surface area contributed by atoms with E-state index in [4.69, 9.17) is 0 Å². The van der Waals surface area contributed by atoms with E-state index < -0.39 is 17.6 Å². The first-order chi connectivity index (χ1) is 7.84. The van der Waals surface area contributed by atoms with Gasteiger partial charge in [0.2, 0.25) is 5.82 Å². The fraction of sp³-hybridized carbons (Fsp3) is 0.444. The molecule has 5 nitrogen and oxygen atoms in total. The summed E-state index contributed by atoms with van der Waals surface area (Å²) >= 11 is 0. The molecule has 0 saturated heterocycles. The lowest BCUT2D eigenvalue weighted by molar-refractivity contribution is -0.144. The van der Waals surface area contributed by atoms with Crippen molar-refractivity contribution in [2.45, 2.75) is 26.4 Å². The van der Waals surface area contributed by atoms with Crippen molar-refractivity contribution in [3.8, 4) is 0 Å². The normalized spacial score (nSPS) is 12.3. The number of nitrogens with one attached hydrogen (secondary N) is 1. The number of rotatable bonds is 1. The van der Waals surface area contributed by atoms with E-state index in [0.29, 0.717) is 22.2 Å². The molecule has 2 aromatic rings. The van der Waals surface area contributed by atoms with Crippen LogP contribution in [0.4, 0.5) is 13.2 Å². The molecule has 1 N–H and O–H groups in total. The van der Waals surface area contributed by atoms with Crippen LogP contribution in [0.2, 0.25) is 0 Å². The summed E-state index contributed by atoms with van der Waals surface area (Å²) in [5.74, 6) is -1.49. The van der Waals surface area contributed by atoms with Gasteiger partial charge in [-0.2, -0.15) is 22.7 Å². The van der Waals surface area contributed by atoms with Gasteiger partial charge in [0, 0.05) is 5.56 Å². The van der Waals surface area contributed by atoms with Gasteiger partial charge in [-0.1, -0.05) is 6.92 Å². The third kappa shape index (κ3) is 1.79. The molecule has 0 saturated carbocycles. The maximum atomic E-state index is 12.4. The number of aromatic nitrogens is 4. The molecule has 0 atom stereocenters. The second-order valence-corrected chi connectivity index (χ2v) is 3.54. The number of fused-ring (bicyclic) bond motifs is 1. The Hall–Kier alpha value is -1.86. The number of aryl methyl sites for hydroxylation is 1. The van der Waals surface area contributed by atoms with Crippen LogP contribution in [-0.4, -0.2) is 19.6 Å². The first-order valence-corrected chi connectivity index (χ1v) is 4.90. The highest BCUT2D eigenvalue weighted by atomic mass is 19.4. The Morgan fingerprint density at radius 3 is 2.53 bits per heavy atom. The zero-order valence-corrected chi connectivity index (χ0v) is 9.09. The molecule has 0 amide bonds. The summed E-state index contributed by atoms with van der Waals surface area (Å²) in [5.41, 5.74) is 0.232. The van der Waals surface area contributed by atoms with Gasteiger partial charge >= 0.3 is 6.18 Å². The Labute approximate surface area is 93.3 Å². The van der Waals surface area contributed by atoms with Gasteiger partial charge in [-0.05, 0) is 13.3 Å². The topological polar surface area (TPSA) is 63.1 Å². The maximum absolute atomic E-state index is 12.4. The first kappa shape index (κ1) is 11.6. The van der Waals surface area contributed by atoms with E-state index >= 15 is 0 Å². The lowest BCUT2D eigenvalue weighted by atomic mass is 10.2. The summed E-state index contributed by atoms with van der Waals surface area (Å²) in [6.07, 6.45) is -4.22. The van der Waals surface area contributed by atoms with Gasteiger partial charge in [-0.15, -0.1) is 0 Å². The van der Waals surface area contributed by atoms with Crippen LogP contribution in [-0.2, 0) is 12.6 Å². The average molecular weight is 246 g/mol. The van der Waals surface area contributed by atoms with E-state index in [1.54, 1.807) is 13.8 Å². The second-order valence-electron chi connectivity index (χ2n) is 3.54. The van der Waals surface area contributed by atoms with Crippen LogP contribution in [0.25, 0.3) is 5.78 Å². The molecular weight excluding hydrogens is 237 g/mol. The predicted octanol–water partition coefficient (Wildman–Crippen LogP) is 1.31. The van der Waals surface area contributed by atoms with E-state index in [1.165, 1.54) is 0 Å². The molecule has 2 rings (SSSR count). The van der Waals surface area contributed by atoms with Crippen molar-refractivity contribution in [3.05, 3.63) is 27.4 Å². The molecule has 0 bridgehead atoms. The minimum absolute atomic E-state index is 0.267. The monoisotopic (exact) mass is 246 g/mol. The lowest BCUT2D eigenvalue weighted by Gasteiger charge is -2.00. The van der Waals surface area contributed by atoms with Gasteiger partial charge < -0.3 is 0 Å². The molecule has 0 fully saturated rings. The van der Waals surface area contributed by atoms with Crippen LogP contribution in [0.3, 0.4) is 0 Å². The average Bonchev–Trinajstić information content (AvgIpc) is 2.61. The largest absolute Gasteiger partial charge is 0.451 e. The molecule has 17 heavy (non-hydrogen) atoms.